The van der Waals surface area contributed by atoms with Crippen molar-refractivity contribution in [2.24, 2.45) is 0 Å². The number of carbonyl (C=O) groups excluding carboxylic acids is 2. The van der Waals surface area contributed by atoms with E-state index < -0.39 is 11.9 Å². The number of aliphatic hydroxyl groups excluding tert-OH is 1. The van der Waals surface area contributed by atoms with E-state index in [1.54, 1.807) is 18.3 Å². The number of ether oxygens (including phenoxy) is 2. The van der Waals surface area contributed by atoms with Gasteiger partial charge in [-0.15, -0.1) is 0 Å². The molecule has 2 aliphatic heterocycles. The van der Waals surface area contributed by atoms with Crippen molar-refractivity contribution in [1.29, 1.82) is 0 Å². The fourth-order valence-electron chi connectivity index (χ4n) is 5.53. The Morgan fingerprint density at radius 3 is 2.34 bits per heavy atom. The monoisotopic (exact) mass is 590 g/mol. The van der Waals surface area contributed by atoms with E-state index in [9.17, 15) is 14.7 Å². The number of hydrogen-bond acceptors (Lipinski definition) is 8. The number of aliphatic hydroxyl groups is 1. The minimum Gasteiger partial charge on any atom is -0.505 e. The summed E-state index contributed by atoms with van der Waals surface area (Å²) in [6.45, 7) is 3.84. The van der Waals surface area contributed by atoms with Crippen LogP contribution in [0, 0.1) is 0 Å². The van der Waals surface area contributed by atoms with Crippen molar-refractivity contribution >= 4 is 17.6 Å². The van der Waals surface area contributed by atoms with E-state index >= 15 is 0 Å². The van der Waals surface area contributed by atoms with Crippen LogP contribution >= 0.6 is 0 Å². The Labute approximate surface area is 256 Å². The van der Waals surface area contributed by atoms with Gasteiger partial charge in [0.2, 0.25) is 5.78 Å². The first-order valence-electron chi connectivity index (χ1n) is 14.7. The lowest BCUT2D eigenvalue weighted by Gasteiger charge is -2.31. The number of nitrogens with zero attached hydrogens (tertiary/aromatic N) is 3. The van der Waals surface area contributed by atoms with Gasteiger partial charge in [-0.3, -0.25) is 19.7 Å². The SMILES string of the molecule is O=C(NN1Cc2cccnc2C(=O)C1=C(O)c1cc(Cc2ccccc2)cc(CN2CCOCC2)c1)OCc1ccccc1. The molecule has 224 valence electrons. The van der Waals surface area contributed by atoms with Gasteiger partial charge in [-0.2, -0.15) is 0 Å². The van der Waals surface area contributed by atoms with Crippen LogP contribution in [0.3, 0.4) is 0 Å². The molecule has 6 rings (SSSR count). The van der Waals surface area contributed by atoms with Crippen molar-refractivity contribution in [2.75, 3.05) is 26.3 Å². The third-order valence-corrected chi connectivity index (χ3v) is 7.67. The van der Waals surface area contributed by atoms with Crippen LogP contribution in [0.25, 0.3) is 5.76 Å². The maximum atomic E-state index is 13.8. The fraction of sp³-hybridized carbons (Fsp3) is 0.229. The number of carbonyl (C=O) groups is 2. The molecule has 0 bridgehead atoms. The summed E-state index contributed by atoms with van der Waals surface area (Å²) in [6, 6.07) is 28.9. The quantitative estimate of drug-likeness (QED) is 0.211. The summed E-state index contributed by atoms with van der Waals surface area (Å²) in [4.78, 5) is 33.4. The summed E-state index contributed by atoms with van der Waals surface area (Å²) >= 11 is 0. The summed E-state index contributed by atoms with van der Waals surface area (Å²) < 4.78 is 11.0. The molecule has 2 aliphatic rings. The molecule has 0 radical (unpaired) electrons. The topological polar surface area (TPSA) is 104 Å². The number of hydrazine groups is 1. The molecule has 0 aliphatic carbocycles. The Morgan fingerprint density at radius 2 is 1.59 bits per heavy atom. The van der Waals surface area contributed by atoms with Gasteiger partial charge in [0.15, 0.2) is 5.76 Å². The zero-order valence-electron chi connectivity index (χ0n) is 24.3. The van der Waals surface area contributed by atoms with Gasteiger partial charge in [0, 0.05) is 37.0 Å². The average molecular weight is 591 g/mol. The summed E-state index contributed by atoms with van der Waals surface area (Å²) in [5.74, 6) is -0.733. The summed E-state index contributed by atoms with van der Waals surface area (Å²) in [5, 5.41) is 13.2. The Bertz CT molecular complexity index is 1650. The molecule has 0 atom stereocenters. The van der Waals surface area contributed by atoms with Gasteiger partial charge in [-0.1, -0.05) is 72.8 Å². The Morgan fingerprint density at radius 1 is 0.886 bits per heavy atom. The maximum absolute atomic E-state index is 13.8. The minimum absolute atomic E-state index is 0.0596. The first-order valence-corrected chi connectivity index (χ1v) is 14.7. The number of ketones is 1. The van der Waals surface area contributed by atoms with Gasteiger partial charge >= 0.3 is 6.09 Å². The summed E-state index contributed by atoms with van der Waals surface area (Å²) in [7, 11) is 0. The molecular weight excluding hydrogens is 556 g/mol. The van der Waals surface area contributed by atoms with Gasteiger partial charge in [0.1, 0.15) is 18.0 Å². The Balaban J connectivity index is 1.35. The number of hydrogen-bond donors (Lipinski definition) is 2. The smallest absolute Gasteiger partial charge is 0.426 e. The van der Waals surface area contributed by atoms with Crippen molar-refractivity contribution in [1.82, 2.24) is 20.3 Å². The number of Topliss-reactive ketones (excluding diaryl/α,β-unsaturated/α-hetero) is 1. The molecule has 1 aromatic heterocycles. The molecule has 4 aromatic rings. The largest absolute Gasteiger partial charge is 0.505 e. The van der Waals surface area contributed by atoms with E-state index in [1.807, 2.05) is 60.7 Å². The molecular formula is C35H34N4O5. The second kappa shape index (κ2) is 13.5. The van der Waals surface area contributed by atoms with Crippen molar-refractivity contribution in [3.63, 3.8) is 0 Å². The molecule has 3 heterocycles. The Hall–Kier alpha value is -4.99. The van der Waals surface area contributed by atoms with Gasteiger partial charge < -0.3 is 14.6 Å². The van der Waals surface area contributed by atoms with Gasteiger partial charge in [-0.05, 0) is 46.9 Å². The highest BCUT2D eigenvalue weighted by Gasteiger charge is 2.34. The van der Waals surface area contributed by atoms with Crippen LogP contribution in [0.15, 0.2) is 103 Å². The average Bonchev–Trinajstić information content (AvgIpc) is 3.05. The van der Waals surface area contributed by atoms with Crippen LogP contribution in [-0.2, 0) is 35.6 Å². The molecule has 1 fully saturated rings. The van der Waals surface area contributed by atoms with Crippen LogP contribution in [0.2, 0.25) is 0 Å². The van der Waals surface area contributed by atoms with E-state index in [1.165, 1.54) is 5.01 Å². The molecule has 0 saturated carbocycles. The number of pyridine rings is 1. The van der Waals surface area contributed by atoms with Crippen molar-refractivity contribution in [3.05, 3.63) is 142 Å². The molecule has 2 N–H and O–H groups in total. The van der Waals surface area contributed by atoms with Gasteiger partial charge in [-0.25, -0.2) is 10.2 Å². The maximum Gasteiger partial charge on any atom is 0.426 e. The molecule has 9 nitrogen and oxygen atoms in total. The molecule has 1 amide bonds. The molecule has 1 saturated heterocycles. The van der Waals surface area contributed by atoms with Crippen LogP contribution < -0.4 is 5.43 Å². The molecule has 0 unspecified atom stereocenters. The number of nitrogens with one attached hydrogen (secondary N) is 1. The standard InChI is InChI=1S/C35H34N4O5/c40-33(30-20-27(18-25-8-3-1-4-9-25)19-28(21-30)22-38-14-16-43-17-15-38)32-34(41)31-29(12-7-13-36-31)23-39(32)37-35(42)44-24-26-10-5-2-6-11-26/h1-13,19-21,40H,14-18,22-24H2,(H,37,42). The first-order chi connectivity index (χ1) is 21.5. The van der Waals surface area contributed by atoms with E-state index in [0.29, 0.717) is 37.3 Å². The number of amides is 1. The molecule has 3 aromatic carbocycles. The second-order valence-electron chi connectivity index (χ2n) is 10.9. The number of aromatic nitrogens is 1. The first kappa shape index (κ1) is 29.1. The predicted molar refractivity (Wildman–Crippen MR) is 165 cm³/mol. The number of morpholine rings is 1. The van der Waals surface area contributed by atoms with Crippen LogP contribution in [0.4, 0.5) is 4.79 Å². The number of benzene rings is 3. The highest BCUT2D eigenvalue weighted by molar-refractivity contribution is 6.12. The van der Waals surface area contributed by atoms with Crippen molar-refractivity contribution < 1.29 is 24.2 Å². The lowest BCUT2D eigenvalue weighted by molar-refractivity contribution is 0.0342. The lowest BCUT2D eigenvalue weighted by atomic mass is 9.96. The fourth-order valence-corrected chi connectivity index (χ4v) is 5.53. The third kappa shape index (κ3) is 6.96. The number of fused-ring (bicyclic) bond motifs is 1. The summed E-state index contributed by atoms with van der Waals surface area (Å²) in [5.41, 5.74) is 7.91. The minimum atomic E-state index is -0.745. The number of allylic oxidation sites excluding steroid dienone is 1. The van der Waals surface area contributed by atoms with Crippen LogP contribution in [0.5, 0.6) is 0 Å². The lowest BCUT2D eigenvalue weighted by Crippen LogP contribution is -2.46. The Kier molecular flexibility index (Phi) is 8.95. The van der Waals surface area contributed by atoms with E-state index in [2.05, 4.69) is 33.5 Å². The number of rotatable bonds is 8. The van der Waals surface area contributed by atoms with Crippen molar-refractivity contribution in [3.8, 4) is 0 Å². The highest BCUT2D eigenvalue weighted by Crippen LogP contribution is 2.30. The normalized spacial score (nSPS) is 16.3. The molecule has 9 heteroatoms. The van der Waals surface area contributed by atoms with E-state index in [-0.39, 0.29) is 30.3 Å². The van der Waals surface area contributed by atoms with E-state index in [4.69, 9.17) is 9.47 Å². The molecule has 0 spiro atoms. The van der Waals surface area contributed by atoms with Crippen molar-refractivity contribution in [2.45, 2.75) is 26.1 Å². The van der Waals surface area contributed by atoms with Gasteiger partial charge in [0.25, 0.3) is 0 Å². The predicted octanol–water partition coefficient (Wildman–Crippen LogP) is 5.27. The van der Waals surface area contributed by atoms with Gasteiger partial charge in [0.05, 0.1) is 19.8 Å². The summed E-state index contributed by atoms with van der Waals surface area (Å²) in [6.07, 6.45) is 1.45. The molecule has 44 heavy (non-hydrogen) atoms. The third-order valence-electron chi connectivity index (χ3n) is 7.67. The zero-order valence-corrected chi connectivity index (χ0v) is 24.3. The van der Waals surface area contributed by atoms with Crippen LogP contribution in [-0.4, -0.2) is 58.2 Å². The van der Waals surface area contributed by atoms with E-state index in [0.717, 1.165) is 35.3 Å². The highest BCUT2D eigenvalue weighted by atomic mass is 16.6. The van der Waals surface area contributed by atoms with Crippen LogP contribution in [0.1, 0.15) is 43.9 Å². The zero-order chi connectivity index (χ0) is 30.3. The second-order valence-corrected chi connectivity index (χ2v) is 10.9.